The summed E-state index contributed by atoms with van der Waals surface area (Å²) in [6.45, 7) is 2.11. The van der Waals surface area contributed by atoms with E-state index in [1.165, 1.54) is 11.6 Å². The van der Waals surface area contributed by atoms with Gasteiger partial charge in [-0.15, -0.1) is 0 Å². The lowest BCUT2D eigenvalue weighted by Gasteiger charge is -2.33. The fraction of sp³-hybridized carbons (Fsp3) is 0.474. The number of carbonyl (C=O) groups excluding carboxylic acids is 1. The maximum Gasteiger partial charge on any atom is 0.315 e. The monoisotopic (exact) mass is 342 g/mol. The van der Waals surface area contributed by atoms with Gasteiger partial charge in [0.15, 0.2) is 0 Å². The van der Waals surface area contributed by atoms with Crippen molar-refractivity contribution in [2.45, 2.75) is 51.1 Å². The first-order valence-electron chi connectivity index (χ1n) is 8.97. The zero-order valence-electron chi connectivity index (χ0n) is 14.3. The van der Waals surface area contributed by atoms with Gasteiger partial charge in [-0.05, 0) is 54.4 Å². The molecule has 1 aromatic heterocycles. The molecule has 0 spiro atoms. The number of nitrogens with zero attached hydrogens (tertiary/aromatic N) is 1. The van der Waals surface area contributed by atoms with E-state index >= 15 is 0 Å². The summed E-state index contributed by atoms with van der Waals surface area (Å²) < 4.78 is 14.1. The van der Waals surface area contributed by atoms with Crippen LogP contribution in [-0.4, -0.2) is 22.3 Å². The highest BCUT2D eigenvalue weighted by Gasteiger charge is 2.30. The molecule has 25 heavy (non-hydrogen) atoms. The number of hydrogen-bond donors (Lipinski definition) is 3. The van der Waals surface area contributed by atoms with Gasteiger partial charge in [0.25, 0.3) is 0 Å². The van der Waals surface area contributed by atoms with E-state index in [1.54, 1.807) is 6.07 Å². The van der Waals surface area contributed by atoms with Crippen LogP contribution < -0.4 is 10.6 Å². The molecule has 2 aromatic rings. The first-order chi connectivity index (χ1) is 12.1. The van der Waals surface area contributed by atoms with Gasteiger partial charge in [-0.3, -0.25) is 5.10 Å². The number of urea groups is 1. The third kappa shape index (κ3) is 3.13. The van der Waals surface area contributed by atoms with Crippen LogP contribution in [0.25, 0.3) is 0 Å². The van der Waals surface area contributed by atoms with E-state index in [4.69, 9.17) is 0 Å². The highest BCUT2D eigenvalue weighted by atomic mass is 19.1. The third-order valence-corrected chi connectivity index (χ3v) is 5.55. The molecule has 3 unspecified atom stereocenters. The van der Waals surface area contributed by atoms with Crippen molar-refractivity contribution < 1.29 is 9.18 Å². The van der Waals surface area contributed by atoms with Crippen molar-refractivity contribution in [3.8, 4) is 0 Å². The molecule has 0 saturated heterocycles. The Kier molecular flexibility index (Phi) is 4.19. The summed E-state index contributed by atoms with van der Waals surface area (Å²) in [6.07, 6.45) is 6.07. The van der Waals surface area contributed by atoms with Gasteiger partial charge in [0.05, 0.1) is 12.2 Å². The third-order valence-electron chi connectivity index (χ3n) is 5.55. The minimum absolute atomic E-state index is 0.0961. The van der Waals surface area contributed by atoms with Crippen LogP contribution >= 0.6 is 0 Å². The van der Waals surface area contributed by atoms with Crippen LogP contribution in [0.1, 0.15) is 48.2 Å². The normalized spacial score (nSPS) is 25.0. The molecule has 0 saturated carbocycles. The number of hydrogen-bond acceptors (Lipinski definition) is 2. The Morgan fingerprint density at radius 1 is 1.28 bits per heavy atom. The van der Waals surface area contributed by atoms with Gasteiger partial charge >= 0.3 is 6.03 Å². The second-order valence-corrected chi connectivity index (χ2v) is 7.23. The molecule has 2 aliphatic rings. The number of H-pyrrole nitrogens is 1. The lowest BCUT2D eigenvalue weighted by Crippen LogP contribution is -2.47. The predicted octanol–water partition coefficient (Wildman–Crippen LogP) is 3.03. The van der Waals surface area contributed by atoms with Crippen molar-refractivity contribution in [3.63, 3.8) is 0 Å². The van der Waals surface area contributed by atoms with Gasteiger partial charge in [-0.2, -0.15) is 5.10 Å². The van der Waals surface area contributed by atoms with Crippen molar-refractivity contribution in [2.24, 2.45) is 5.92 Å². The molecule has 4 rings (SSSR count). The summed E-state index contributed by atoms with van der Waals surface area (Å²) >= 11 is 0. The Balaban J connectivity index is 1.44. The van der Waals surface area contributed by atoms with Gasteiger partial charge in [-0.25, -0.2) is 9.18 Å². The fourth-order valence-electron chi connectivity index (χ4n) is 4.10. The highest BCUT2D eigenvalue weighted by Crippen LogP contribution is 2.35. The number of benzene rings is 1. The van der Waals surface area contributed by atoms with Crippen molar-refractivity contribution in [2.75, 3.05) is 0 Å². The second kappa shape index (κ2) is 6.50. The Morgan fingerprint density at radius 3 is 3.04 bits per heavy atom. The van der Waals surface area contributed by atoms with Crippen LogP contribution in [-0.2, 0) is 19.3 Å². The van der Waals surface area contributed by atoms with E-state index in [0.29, 0.717) is 0 Å². The number of aromatic nitrogens is 2. The van der Waals surface area contributed by atoms with Crippen molar-refractivity contribution >= 4 is 6.03 Å². The van der Waals surface area contributed by atoms with E-state index in [1.807, 2.05) is 12.3 Å². The Labute approximate surface area is 146 Å². The number of aryl methyl sites for hydroxylation is 1. The Hall–Kier alpha value is -2.37. The van der Waals surface area contributed by atoms with E-state index in [-0.39, 0.29) is 29.8 Å². The molecule has 0 aliphatic heterocycles. The molecule has 1 heterocycles. The largest absolute Gasteiger partial charge is 0.335 e. The Morgan fingerprint density at radius 2 is 2.16 bits per heavy atom. The fourth-order valence-corrected chi connectivity index (χ4v) is 4.10. The average molecular weight is 342 g/mol. The molecule has 5 nitrogen and oxygen atoms in total. The van der Waals surface area contributed by atoms with Gasteiger partial charge < -0.3 is 10.6 Å². The lowest BCUT2D eigenvalue weighted by molar-refractivity contribution is 0.224. The zero-order valence-corrected chi connectivity index (χ0v) is 14.3. The van der Waals surface area contributed by atoms with E-state index in [9.17, 15) is 9.18 Å². The van der Waals surface area contributed by atoms with Crippen LogP contribution in [0, 0.1) is 11.7 Å². The molecule has 1 aromatic carbocycles. The molecule has 6 heteroatoms. The molecule has 0 radical (unpaired) electrons. The first kappa shape index (κ1) is 16.1. The first-order valence-corrected chi connectivity index (χ1v) is 8.97. The molecule has 132 valence electrons. The van der Waals surface area contributed by atoms with Crippen LogP contribution in [0.15, 0.2) is 24.4 Å². The predicted molar refractivity (Wildman–Crippen MR) is 92.7 cm³/mol. The molecule has 3 atom stereocenters. The number of carbonyl (C=O) groups is 1. The highest BCUT2D eigenvalue weighted by molar-refractivity contribution is 5.75. The smallest absolute Gasteiger partial charge is 0.315 e. The van der Waals surface area contributed by atoms with Crippen LogP contribution in [0.2, 0.25) is 0 Å². The van der Waals surface area contributed by atoms with Crippen molar-refractivity contribution in [1.29, 1.82) is 0 Å². The SMILES string of the molecule is CC1CCc2c(F)cccc2C1NC(=O)NC1CCc2cn[nH]c2C1. The zero-order chi connectivity index (χ0) is 17.4. The number of rotatable bonds is 2. The summed E-state index contributed by atoms with van der Waals surface area (Å²) in [5.74, 6) is 0.112. The molecule has 3 N–H and O–H groups in total. The minimum atomic E-state index is -0.179. The van der Waals surface area contributed by atoms with Crippen molar-refractivity contribution in [1.82, 2.24) is 20.8 Å². The van der Waals surface area contributed by atoms with E-state index in [0.717, 1.165) is 48.9 Å². The quantitative estimate of drug-likeness (QED) is 0.785. The van der Waals surface area contributed by atoms with Gasteiger partial charge in [0.2, 0.25) is 0 Å². The number of halogens is 1. The maximum atomic E-state index is 14.1. The van der Waals surface area contributed by atoms with Gasteiger partial charge in [-0.1, -0.05) is 19.1 Å². The van der Waals surface area contributed by atoms with Crippen LogP contribution in [0.4, 0.5) is 9.18 Å². The van der Waals surface area contributed by atoms with Crippen LogP contribution in [0.3, 0.4) is 0 Å². The minimum Gasteiger partial charge on any atom is -0.335 e. The second-order valence-electron chi connectivity index (χ2n) is 7.23. The number of amides is 2. The summed E-state index contributed by atoms with van der Waals surface area (Å²) in [5, 5.41) is 13.2. The average Bonchev–Trinajstić information content (AvgIpc) is 3.05. The summed E-state index contributed by atoms with van der Waals surface area (Å²) in [7, 11) is 0. The van der Waals surface area contributed by atoms with Gasteiger partial charge in [0, 0.05) is 18.2 Å². The molecule has 0 fully saturated rings. The molecular weight excluding hydrogens is 319 g/mol. The summed E-state index contributed by atoms with van der Waals surface area (Å²) in [6, 6.07) is 4.91. The summed E-state index contributed by atoms with van der Waals surface area (Å²) in [5.41, 5.74) is 4.00. The van der Waals surface area contributed by atoms with E-state index in [2.05, 4.69) is 27.8 Å². The molecule has 0 bridgehead atoms. The molecule has 2 aliphatic carbocycles. The van der Waals surface area contributed by atoms with Crippen LogP contribution in [0.5, 0.6) is 0 Å². The topological polar surface area (TPSA) is 69.8 Å². The maximum absolute atomic E-state index is 14.1. The number of nitrogens with one attached hydrogen (secondary N) is 3. The standard InChI is InChI=1S/C19H23FN4O/c1-11-5-8-14-15(3-2-4-16(14)20)18(11)23-19(25)22-13-7-6-12-10-21-24-17(12)9-13/h2-4,10-11,13,18H,5-9H2,1H3,(H,21,24)(H2,22,23,25). The molecule has 2 amide bonds. The number of fused-ring (bicyclic) bond motifs is 2. The van der Waals surface area contributed by atoms with E-state index < -0.39 is 0 Å². The Bertz CT molecular complexity index is 787. The summed E-state index contributed by atoms with van der Waals surface area (Å²) in [4.78, 5) is 12.5. The van der Waals surface area contributed by atoms with Crippen molar-refractivity contribution in [3.05, 3.63) is 52.6 Å². The molecular formula is C19H23FN4O. The number of aromatic amines is 1. The lowest BCUT2D eigenvalue weighted by atomic mass is 9.80. The van der Waals surface area contributed by atoms with Gasteiger partial charge in [0.1, 0.15) is 5.82 Å².